The molecule has 1 atom stereocenters. The van der Waals surface area contributed by atoms with Crippen molar-refractivity contribution in [3.8, 4) is 0 Å². The number of carbonyl (C=O) groups is 2. The van der Waals surface area contributed by atoms with Crippen LogP contribution in [0.2, 0.25) is 5.02 Å². The molecule has 0 aromatic heterocycles. The molecule has 1 saturated heterocycles. The van der Waals surface area contributed by atoms with Gasteiger partial charge in [0.1, 0.15) is 0 Å². The largest absolute Gasteiger partial charge is 0.352 e. The normalized spacial score (nSPS) is 18.2. The summed E-state index contributed by atoms with van der Waals surface area (Å²) in [5, 5.41) is 6.17. The molecule has 0 aliphatic carbocycles. The van der Waals surface area contributed by atoms with Gasteiger partial charge in [0.05, 0.1) is 6.04 Å². The lowest BCUT2D eigenvalue weighted by atomic mass is 10.2. The molecule has 1 aromatic carbocycles. The molecular weight excluding hydrogens is 304 g/mol. The molecule has 1 heterocycles. The highest BCUT2D eigenvalue weighted by atomic mass is 35.5. The van der Waals surface area contributed by atoms with E-state index >= 15 is 0 Å². The number of rotatable bonds is 2. The number of hydrogen-bond donors (Lipinski definition) is 2. The molecule has 4 nitrogen and oxygen atoms in total. The van der Waals surface area contributed by atoms with Crippen LogP contribution in [-0.2, 0) is 4.79 Å². The summed E-state index contributed by atoms with van der Waals surface area (Å²) in [6, 6.07) is 6.17. The minimum Gasteiger partial charge on any atom is -0.352 e. The van der Waals surface area contributed by atoms with Crippen molar-refractivity contribution in [1.29, 1.82) is 0 Å². The Labute approximate surface area is 125 Å². The second-order valence-corrected chi connectivity index (χ2v) is 5.89. The molecule has 7 heteroatoms. The number of thioether (sulfide) groups is 1. The summed E-state index contributed by atoms with van der Waals surface area (Å²) in [6.45, 7) is 0. The molecule has 0 radical (unpaired) electrons. The Hall–Kier alpha value is -1.11. The van der Waals surface area contributed by atoms with Crippen molar-refractivity contribution in [2.75, 3.05) is 5.75 Å². The van der Waals surface area contributed by atoms with Crippen LogP contribution in [0.1, 0.15) is 16.8 Å². The second-order valence-electron chi connectivity index (χ2n) is 3.94. The molecular formula is C12H11ClN2O2S2. The Morgan fingerprint density at radius 1 is 1.37 bits per heavy atom. The highest BCUT2D eigenvalue weighted by Crippen LogP contribution is 2.19. The molecule has 2 N–H and O–H groups in total. The third-order valence-corrected chi connectivity index (χ3v) is 4.05. The molecule has 0 saturated carbocycles. The summed E-state index contributed by atoms with van der Waals surface area (Å²) in [7, 11) is 0. The van der Waals surface area contributed by atoms with Crippen molar-refractivity contribution in [2.45, 2.75) is 12.5 Å². The van der Waals surface area contributed by atoms with Crippen LogP contribution in [-0.4, -0.2) is 27.9 Å². The van der Waals surface area contributed by atoms with Gasteiger partial charge in [-0.25, -0.2) is 0 Å². The van der Waals surface area contributed by atoms with Gasteiger partial charge in [-0.1, -0.05) is 23.4 Å². The Bertz CT molecular complexity index is 519. The lowest BCUT2D eigenvalue weighted by Crippen LogP contribution is -2.45. The van der Waals surface area contributed by atoms with Crippen LogP contribution in [0.4, 0.5) is 0 Å². The first-order chi connectivity index (χ1) is 9.06. The molecule has 0 unspecified atom stereocenters. The summed E-state index contributed by atoms with van der Waals surface area (Å²) in [5.74, 6) is 0.455. The third kappa shape index (κ3) is 3.92. The molecule has 1 amide bonds. The average Bonchev–Trinajstić information content (AvgIpc) is 2.75. The van der Waals surface area contributed by atoms with Crippen molar-refractivity contribution in [3.63, 3.8) is 0 Å². The van der Waals surface area contributed by atoms with Gasteiger partial charge < -0.3 is 5.32 Å². The highest BCUT2D eigenvalue weighted by molar-refractivity contribution is 8.14. The molecule has 2 rings (SSSR count). The van der Waals surface area contributed by atoms with Crippen molar-refractivity contribution < 1.29 is 9.59 Å². The van der Waals surface area contributed by atoms with Crippen molar-refractivity contribution in [3.05, 3.63) is 34.9 Å². The summed E-state index contributed by atoms with van der Waals surface area (Å²) >= 11 is 12.0. The maximum Gasteiger partial charge on any atom is 0.257 e. The van der Waals surface area contributed by atoms with Crippen LogP contribution in [0, 0.1) is 0 Å². The second kappa shape index (κ2) is 6.36. The minimum absolute atomic E-state index is 0.0584. The van der Waals surface area contributed by atoms with Crippen molar-refractivity contribution in [1.82, 2.24) is 10.6 Å². The van der Waals surface area contributed by atoms with Gasteiger partial charge in [0.2, 0.25) is 5.12 Å². The highest BCUT2D eigenvalue weighted by Gasteiger charge is 2.26. The Balaban J connectivity index is 1.90. The van der Waals surface area contributed by atoms with Crippen molar-refractivity contribution in [2.24, 2.45) is 0 Å². The molecule has 1 aliphatic heterocycles. The average molecular weight is 315 g/mol. The molecule has 19 heavy (non-hydrogen) atoms. The van der Waals surface area contributed by atoms with Crippen LogP contribution in [0.5, 0.6) is 0 Å². The quantitative estimate of drug-likeness (QED) is 0.818. The van der Waals surface area contributed by atoms with Crippen LogP contribution < -0.4 is 10.6 Å². The number of nitrogens with one attached hydrogen (secondary N) is 2. The van der Waals surface area contributed by atoms with Gasteiger partial charge in [0.15, 0.2) is 5.11 Å². The van der Waals surface area contributed by atoms with Gasteiger partial charge in [-0.2, -0.15) is 0 Å². The topological polar surface area (TPSA) is 58.2 Å². The SMILES string of the molecule is O=C(NC(=S)N[C@H]1CCSC1=O)c1ccc(Cl)cc1. The van der Waals surface area contributed by atoms with Gasteiger partial charge in [-0.3, -0.25) is 14.9 Å². The molecule has 0 bridgehead atoms. The standard InChI is InChI=1S/C12H11ClN2O2S2/c13-8-3-1-7(2-4-8)10(16)15-12(18)14-9-5-6-19-11(9)17/h1-4,9H,5-6H2,(H2,14,15,16,18)/t9-/m0/s1. The first-order valence-electron chi connectivity index (χ1n) is 5.60. The zero-order valence-electron chi connectivity index (χ0n) is 9.81. The van der Waals surface area contributed by atoms with E-state index in [1.165, 1.54) is 11.8 Å². The van der Waals surface area contributed by atoms with E-state index in [9.17, 15) is 9.59 Å². The van der Waals surface area contributed by atoms with Gasteiger partial charge in [0.25, 0.3) is 5.91 Å². The maximum atomic E-state index is 11.8. The zero-order chi connectivity index (χ0) is 13.8. The molecule has 0 spiro atoms. The van der Waals surface area contributed by atoms with Gasteiger partial charge >= 0.3 is 0 Å². The Morgan fingerprint density at radius 3 is 2.63 bits per heavy atom. The summed E-state index contributed by atoms with van der Waals surface area (Å²) in [5.41, 5.74) is 0.459. The Morgan fingerprint density at radius 2 is 2.05 bits per heavy atom. The summed E-state index contributed by atoms with van der Waals surface area (Å²) in [6.07, 6.45) is 0.723. The maximum absolute atomic E-state index is 11.8. The van der Waals surface area contributed by atoms with E-state index in [1.807, 2.05) is 0 Å². The van der Waals surface area contributed by atoms with E-state index in [1.54, 1.807) is 24.3 Å². The predicted molar refractivity (Wildman–Crippen MR) is 80.5 cm³/mol. The molecule has 1 aromatic rings. The fourth-order valence-corrected chi connectivity index (χ4v) is 2.89. The molecule has 1 aliphatic rings. The fraction of sp³-hybridized carbons (Fsp3) is 0.250. The van der Waals surface area contributed by atoms with E-state index in [0.717, 1.165) is 12.2 Å². The van der Waals surface area contributed by atoms with Gasteiger partial charge in [-0.05, 0) is 42.9 Å². The van der Waals surface area contributed by atoms with E-state index in [4.69, 9.17) is 23.8 Å². The third-order valence-electron chi connectivity index (χ3n) is 2.57. The van der Waals surface area contributed by atoms with E-state index in [0.29, 0.717) is 10.6 Å². The van der Waals surface area contributed by atoms with Crippen LogP contribution in [0.15, 0.2) is 24.3 Å². The zero-order valence-corrected chi connectivity index (χ0v) is 12.2. The number of carbonyl (C=O) groups excluding carboxylic acids is 2. The smallest absolute Gasteiger partial charge is 0.257 e. The van der Waals surface area contributed by atoms with E-state index < -0.39 is 0 Å². The van der Waals surface area contributed by atoms with Crippen LogP contribution >= 0.6 is 35.6 Å². The lowest BCUT2D eigenvalue weighted by molar-refractivity contribution is -0.111. The van der Waals surface area contributed by atoms with E-state index in [-0.39, 0.29) is 22.2 Å². The first kappa shape index (κ1) is 14.3. The van der Waals surface area contributed by atoms with Gasteiger partial charge in [0, 0.05) is 16.3 Å². The summed E-state index contributed by atoms with van der Waals surface area (Å²) in [4.78, 5) is 23.3. The Kier molecular flexibility index (Phi) is 4.79. The predicted octanol–water partition coefficient (Wildman–Crippen LogP) is 1.98. The number of halogens is 1. The number of thiocarbonyl (C=S) groups is 1. The number of amides is 1. The van der Waals surface area contributed by atoms with Crippen LogP contribution in [0.3, 0.4) is 0 Å². The molecule has 1 fully saturated rings. The number of hydrogen-bond acceptors (Lipinski definition) is 4. The first-order valence-corrected chi connectivity index (χ1v) is 7.37. The van der Waals surface area contributed by atoms with Gasteiger partial charge in [-0.15, -0.1) is 0 Å². The lowest BCUT2D eigenvalue weighted by Gasteiger charge is -2.13. The van der Waals surface area contributed by atoms with E-state index in [2.05, 4.69) is 10.6 Å². The fourth-order valence-electron chi connectivity index (χ4n) is 1.60. The van der Waals surface area contributed by atoms with Crippen LogP contribution in [0.25, 0.3) is 0 Å². The van der Waals surface area contributed by atoms with Crippen molar-refractivity contribution >= 4 is 51.7 Å². The summed E-state index contributed by atoms with van der Waals surface area (Å²) < 4.78 is 0. The molecule has 100 valence electrons. The monoisotopic (exact) mass is 314 g/mol. The number of benzene rings is 1. The minimum atomic E-state index is -0.327.